The smallest absolute Gasteiger partial charge is 0.357 e. The third-order valence-electron chi connectivity index (χ3n) is 3.40. The van der Waals surface area contributed by atoms with Gasteiger partial charge in [-0.15, -0.1) is 5.10 Å². The number of H-pyrrole nitrogens is 1. The van der Waals surface area contributed by atoms with Crippen LogP contribution in [0, 0.1) is 6.92 Å². The van der Waals surface area contributed by atoms with Gasteiger partial charge in [0.2, 0.25) is 5.78 Å². The van der Waals surface area contributed by atoms with Crippen molar-refractivity contribution in [2.24, 2.45) is 0 Å². The first-order chi connectivity index (χ1) is 12.1. The Morgan fingerprint density at radius 3 is 2.64 bits per heavy atom. The quantitative estimate of drug-likeness (QED) is 0.417. The zero-order valence-electron chi connectivity index (χ0n) is 13.4. The summed E-state index contributed by atoms with van der Waals surface area (Å²) in [5.41, 5.74) is 1.27. The van der Waals surface area contributed by atoms with E-state index in [1.54, 1.807) is 31.3 Å². The summed E-state index contributed by atoms with van der Waals surface area (Å²) in [4.78, 5) is 27.2. The number of Topliss-reactive ketones (excluding diaryl/α,β-unsaturated/α-hetero) is 1. The predicted octanol–water partition coefficient (Wildman–Crippen LogP) is 1.73. The van der Waals surface area contributed by atoms with E-state index >= 15 is 0 Å². The van der Waals surface area contributed by atoms with E-state index in [0.717, 1.165) is 5.56 Å². The fourth-order valence-electron chi connectivity index (χ4n) is 2.15. The number of nitrogens with zero attached hydrogens (tertiary/aromatic N) is 4. The Balaban J connectivity index is 1.82. The van der Waals surface area contributed by atoms with E-state index in [0.29, 0.717) is 11.5 Å². The van der Waals surface area contributed by atoms with Gasteiger partial charge < -0.3 is 9.72 Å². The number of rotatable bonds is 6. The van der Waals surface area contributed by atoms with Crippen LogP contribution in [0.25, 0.3) is 11.8 Å². The van der Waals surface area contributed by atoms with Gasteiger partial charge in [-0.25, -0.2) is 4.79 Å². The molecule has 1 N–H and O–H groups in total. The minimum atomic E-state index is -0.695. The fraction of sp³-hybridized carbons (Fsp3) is 0.118. The number of carbonyl (C=O) groups excluding carboxylic acids is 2. The van der Waals surface area contributed by atoms with Crippen molar-refractivity contribution in [3.63, 3.8) is 0 Å². The summed E-state index contributed by atoms with van der Waals surface area (Å²) in [6, 6.07) is 12.5. The summed E-state index contributed by atoms with van der Waals surface area (Å²) >= 11 is 0. The van der Waals surface area contributed by atoms with Crippen LogP contribution in [0.2, 0.25) is 0 Å². The van der Waals surface area contributed by atoms with Crippen molar-refractivity contribution in [1.29, 1.82) is 0 Å². The highest BCUT2D eigenvalue weighted by molar-refractivity contribution is 6.15. The van der Waals surface area contributed by atoms with E-state index in [9.17, 15) is 9.59 Å². The second-order valence-electron chi connectivity index (χ2n) is 5.16. The molecule has 1 aromatic carbocycles. The van der Waals surface area contributed by atoms with Gasteiger partial charge in [-0.2, -0.15) is 4.68 Å². The summed E-state index contributed by atoms with van der Waals surface area (Å²) in [6.07, 6.45) is 3.23. The molecule has 0 radical (unpaired) electrons. The van der Waals surface area contributed by atoms with E-state index in [-0.39, 0.29) is 18.1 Å². The number of esters is 1. The standard InChI is InChI=1S/C17H15N5O3/c1-12-19-20-21-22(12)15(10-13-6-3-2-4-7-13)17(24)25-11-16(23)14-8-5-9-18-14/h2-10,18H,11H2,1H3/b15-10+. The minimum absolute atomic E-state index is 0.119. The van der Waals surface area contributed by atoms with Crippen LogP contribution < -0.4 is 0 Å². The number of ketones is 1. The minimum Gasteiger partial charge on any atom is -0.452 e. The van der Waals surface area contributed by atoms with Crippen LogP contribution in [0.3, 0.4) is 0 Å². The van der Waals surface area contributed by atoms with Gasteiger partial charge >= 0.3 is 5.97 Å². The van der Waals surface area contributed by atoms with Gasteiger partial charge in [0.05, 0.1) is 5.69 Å². The topological polar surface area (TPSA) is 103 Å². The molecule has 8 heteroatoms. The number of aryl methyl sites for hydroxylation is 1. The fourth-order valence-corrected chi connectivity index (χ4v) is 2.15. The molecule has 0 aliphatic carbocycles. The summed E-state index contributed by atoms with van der Waals surface area (Å²) in [5, 5.41) is 11.1. The first-order valence-corrected chi connectivity index (χ1v) is 7.51. The number of hydrogen-bond acceptors (Lipinski definition) is 6. The van der Waals surface area contributed by atoms with E-state index in [1.807, 2.05) is 30.3 Å². The third kappa shape index (κ3) is 3.86. The van der Waals surface area contributed by atoms with Gasteiger partial charge in [-0.1, -0.05) is 30.3 Å². The predicted molar refractivity (Wildman–Crippen MR) is 89.2 cm³/mol. The van der Waals surface area contributed by atoms with Gasteiger partial charge in [0, 0.05) is 6.20 Å². The first-order valence-electron chi connectivity index (χ1n) is 7.51. The molecular weight excluding hydrogens is 322 g/mol. The third-order valence-corrected chi connectivity index (χ3v) is 3.40. The number of ether oxygens (including phenoxy) is 1. The van der Waals surface area contributed by atoms with E-state index < -0.39 is 5.97 Å². The normalized spacial score (nSPS) is 11.3. The van der Waals surface area contributed by atoms with Gasteiger partial charge in [-0.3, -0.25) is 4.79 Å². The molecule has 3 aromatic rings. The second-order valence-corrected chi connectivity index (χ2v) is 5.16. The number of tetrazole rings is 1. The zero-order chi connectivity index (χ0) is 17.6. The number of carbonyl (C=O) groups is 2. The van der Waals surface area contributed by atoms with Crippen LogP contribution in [0.5, 0.6) is 0 Å². The molecule has 2 heterocycles. The number of benzene rings is 1. The van der Waals surface area contributed by atoms with Gasteiger partial charge in [-0.05, 0) is 41.1 Å². The largest absolute Gasteiger partial charge is 0.452 e. The maximum Gasteiger partial charge on any atom is 0.357 e. The molecule has 2 aromatic heterocycles. The summed E-state index contributed by atoms with van der Waals surface area (Å²) in [5.74, 6) is -0.597. The average molecular weight is 337 g/mol. The van der Waals surface area contributed by atoms with Crippen LogP contribution in [0.1, 0.15) is 21.9 Å². The van der Waals surface area contributed by atoms with E-state index in [4.69, 9.17) is 4.74 Å². The number of hydrogen-bond donors (Lipinski definition) is 1. The molecule has 0 spiro atoms. The van der Waals surface area contributed by atoms with Gasteiger partial charge in [0.1, 0.15) is 0 Å². The maximum absolute atomic E-state index is 12.5. The Kier molecular flexibility index (Phi) is 4.79. The molecule has 8 nitrogen and oxygen atoms in total. The van der Waals surface area contributed by atoms with E-state index in [1.165, 1.54) is 4.68 Å². The van der Waals surface area contributed by atoms with Gasteiger partial charge in [0.25, 0.3) is 0 Å². The molecule has 0 aliphatic rings. The molecule has 3 rings (SSSR count). The monoisotopic (exact) mass is 337 g/mol. The first kappa shape index (κ1) is 16.3. The van der Waals surface area contributed by atoms with Crippen molar-refractivity contribution in [1.82, 2.24) is 25.2 Å². The molecule has 0 amide bonds. The molecule has 126 valence electrons. The zero-order valence-corrected chi connectivity index (χ0v) is 13.4. The Hall–Kier alpha value is -3.55. The van der Waals surface area contributed by atoms with Crippen molar-refractivity contribution in [2.75, 3.05) is 6.61 Å². The average Bonchev–Trinajstić information content (AvgIpc) is 3.30. The van der Waals surface area contributed by atoms with Crippen molar-refractivity contribution < 1.29 is 14.3 Å². The second kappa shape index (κ2) is 7.35. The van der Waals surface area contributed by atoms with Crippen LogP contribution in [0.4, 0.5) is 0 Å². The SMILES string of the molecule is Cc1nnnn1/C(=C/c1ccccc1)C(=O)OCC(=O)c1ccc[nH]1. The lowest BCUT2D eigenvalue weighted by Gasteiger charge is -2.08. The highest BCUT2D eigenvalue weighted by Gasteiger charge is 2.19. The Labute approximate surface area is 143 Å². The van der Waals surface area contributed by atoms with Gasteiger partial charge in [0.15, 0.2) is 18.1 Å². The lowest BCUT2D eigenvalue weighted by molar-refractivity contribution is -0.136. The van der Waals surface area contributed by atoms with Crippen LogP contribution in [0.15, 0.2) is 48.7 Å². The Morgan fingerprint density at radius 2 is 2.00 bits per heavy atom. The highest BCUT2D eigenvalue weighted by Crippen LogP contribution is 2.14. The molecule has 0 bridgehead atoms. The number of aromatic nitrogens is 5. The summed E-state index contributed by atoms with van der Waals surface area (Å²) in [6.45, 7) is 1.28. The molecule has 0 aliphatic heterocycles. The van der Waals surface area contributed by atoms with Crippen molar-refractivity contribution >= 4 is 23.5 Å². The Bertz CT molecular complexity index is 898. The Morgan fingerprint density at radius 1 is 1.20 bits per heavy atom. The maximum atomic E-state index is 12.5. The molecular formula is C17H15N5O3. The van der Waals surface area contributed by atoms with Crippen molar-refractivity contribution in [3.8, 4) is 0 Å². The van der Waals surface area contributed by atoms with Crippen LogP contribution >= 0.6 is 0 Å². The van der Waals surface area contributed by atoms with Crippen LogP contribution in [-0.4, -0.2) is 43.6 Å². The molecule has 0 saturated carbocycles. The lowest BCUT2D eigenvalue weighted by atomic mass is 10.2. The van der Waals surface area contributed by atoms with Crippen molar-refractivity contribution in [3.05, 3.63) is 65.7 Å². The molecule has 0 atom stereocenters. The lowest BCUT2D eigenvalue weighted by Crippen LogP contribution is -2.19. The molecule has 0 fully saturated rings. The summed E-state index contributed by atoms with van der Waals surface area (Å²) in [7, 11) is 0. The van der Waals surface area contributed by atoms with Crippen LogP contribution in [-0.2, 0) is 9.53 Å². The molecule has 0 unspecified atom stereocenters. The summed E-state index contributed by atoms with van der Waals surface area (Å²) < 4.78 is 6.42. The molecule has 0 saturated heterocycles. The van der Waals surface area contributed by atoms with E-state index in [2.05, 4.69) is 20.5 Å². The number of nitrogens with one attached hydrogen (secondary N) is 1. The number of aromatic amines is 1. The van der Waals surface area contributed by atoms with Crippen molar-refractivity contribution in [2.45, 2.75) is 6.92 Å². The highest BCUT2D eigenvalue weighted by atomic mass is 16.5. The molecule has 25 heavy (non-hydrogen) atoms.